The molecular formula is C26H45N5O2. The number of guanidine groups is 1. The maximum absolute atomic E-state index is 13.3. The van der Waals surface area contributed by atoms with Crippen molar-refractivity contribution < 1.29 is 9.59 Å². The molecule has 0 spiro atoms. The van der Waals surface area contributed by atoms with Crippen LogP contribution in [0.3, 0.4) is 0 Å². The third kappa shape index (κ3) is 6.21. The number of carbonyl (C=O) groups is 2. The van der Waals surface area contributed by atoms with Crippen molar-refractivity contribution in [3.63, 3.8) is 0 Å². The van der Waals surface area contributed by atoms with Crippen LogP contribution in [-0.4, -0.2) is 47.5 Å². The molecule has 1 unspecified atom stereocenters. The van der Waals surface area contributed by atoms with Crippen LogP contribution in [0.2, 0.25) is 0 Å². The summed E-state index contributed by atoms with van der Waals surface area (Å²) in [7, 11) is 1.72. The van der Waals surface area contributed by atoms with Gasteiger partial charge in [0.05, 0.1) is 0 Å². The minimum Gasteiger partial charge on any atom is -0.342 e. The summed E-state index contributed by atoms with van der Waals surface area (Å²) < 4.78 is 0. The Balaban J connectivity index is 1.33. The molecule has 0 aromatic rings. The Morgan fingerprint density at radius 1 is 0.939 bits per heavy atom. The van der Waals surface area contributed by atoms with Gasteiger partial charge in [0.2, 0.25) is 0 Å². The van der Waals surface area contributed by atoms with Crippen molar-refractivity contribution in [3.8, 4) is 0 Å². The first kappa shape index (κ1) is 24.3. The summed E-state index contributed by atoms with van der Waals surface area (Å²) in [4.78, 5) is 27.4. The molecule has 1 heterocycles. The van der Waals surface area contributed by atoms with Gasteiger partial charge in [0, 0.05) is 19.1 Å². The predicted octanol–water partition coefficient (Wildman–Crippen LogP) is 4.66. The SMILES string of the molecule is CN1C(=N)N[C@](CCC2CCCCC2)(CC2CCC[C@@H](NC(=O)NC3CCCCC3)C2)C1=O. The molecule has 0 aromatic heterocycles. The van der Waals surface area contributed by atoms with Gasteiger partial charge in [0.25, 0.3) is 5.91 Å². The van der Waals surface area contributed by atoms with Gasteiger partial charge in [-0.05, 0) is 56.8 Å². The highest BCUT2D eigenvalue weighted by atomic mass is 16.2. The van der Waals surface area contributed by atoms with Crippen LogP contribution in [-0.2, 0) is 4.79 Å². The van der Waals surface area contributed by atoms with Crippen LogP contribution >= 0.6 is 0 Å². The first-order valence-corrected chi connectivity index (χ1v) is 13.7. The monoisotopic (exact) mass is 459 g/mol. The fraction of sp³-hybridized carbons (Fsp3) is 0.885. The lowest BCUT2D eigenvalue weighted by molar-refractivity contribution is -0.131. The third-order valence-electron chi connectivity index (χ3n) is 8.81. The van der Waals surface area contributed by atoms with E-state index in [0.717, 1.165) is 63.7 Å². The standard InChI is InChI=1S/C26H45N5O2/c1-31-23(32)26(30-24(31)27,16-15-19-9-4-2-5-10-19)18-20-11-8-14-22(17-20)29-25(33)28-21-12-6-3-7-13-21/h19-22H,2-18H2,1H3,(H2,27,30)(H2,28,29,33)/t20?,22-,26-/m1/s1. The second-order valence-corrected chi connectivity index (χ2v) is 11.3. The maximum Gasteiger partial charge on any atom is 0.315 e. The average molecular weight is 460 g/mol. The van der Waals surface area contributed by atoms with Gasteiger partial charge < -0.3 is 16.0 Å². The number of amides is 3. The Hall–Kier alpha value is -1.79. The normalized spacial score (nSPS) is 32.0. The number of nitrogens with zero attached hydrogens (tertiary/aromatic N) is 1. The van der Waals surface area contributed by atoms with Gasteiger partial charge in [-0.1, -0.05) is 64.2 Å². The number of rotatable bonds is 7. The summed E-state index contributed by atoms with van der Waals surface area (Å²) in [6.45, 7) is 0. The molecular weight excluding hydrogens is 414 g/mol. The van der Waals surface area contributed by atoms with Crippen LogP contribution in [0.1, 0.15) is 109 Å². The number of hydrogen-bond acceptors (Lipinski definition) is 3. The zero-order chi connectivity index (χ0) is 23.3. The zero-order valence-corrected chi connectivity index (χ0v) is 20.6. The van der Waals surface area contributed by atoms with Crippen LogP contribution in [0.4, 0.5) is 4.79 Å². The zero-order valence-electron chi connectivity index (χ0n) is 20.6. The van der Waals surface area contributed by atoms with Crippen LogP contribution in [0.5, 0.6) is 0 Å². The molecule has 7 nitrogen and oxygen atoms in total. The van der Waals surface area contributed by atoms with Gasteiger partial charge in [0.1, 0.15) is 5.54 Å². The molecule has 0 aromatic carbocycles. The van der Waals surface area contributed by atoms with Gasteiger partial charge in [-0.2, -0.15) is 0 Å². The summed E-state index contributed by atoms with van der Waals surface area (Å²) in [5, 5.41) is 18.0. The molecule has 0 bridgehead atoms. The fourth-order valence-electron chi connectivity index (χ4n) is 6.88. The summed E-state index contributed by atoms with van der Waals surface area (Å²) in [6, 6.07) is 0.482. The van der Waals surface area contributed by atoms with E-state index in [1.807, 2.05) is 0 Å². The molecule has 3 atom stereocenters. The molecule has 1 saturated heterocycles. The molecule has 4 aliphatic rings. The highest BCUT2D eigenvalue weighted by Crippen LogP contribution is 2.38. The van der Waals surface area contributed by atoms with Crippen LogP contribution in [0.25, 0.3) is 0 Å². The van der Waals surface area contributed by atoms with E-state index >= 15 is 0 Å². The van der Waals surface area contributed by atoms with Gasteiger partial charge in [-0.3, -0.25) is 15.1 Å². The van der Waals surface area contributed by atoms with Crippen molar-refractivity contribution >= 4 is 17.9 Å². The fourth-order valence-corrected chi connectivity index (χ4v) is 6.88. The summed E-state index contributed by atoms with van der Waals surface area (Å²) in [5.41, 5.74) is -0.639. The highest BCUT2D eigenvalue weighted by molar-refractivity contribution is 6.07. The number of likely N-dealkylation sites (N-methyl/N-ethyl adjacent to an activating group) is 1. The quantitative estimate of drug-likeness (QED) is 0.446. The summed E-state index contributed by atoms with van der Waals surface area (Å²) in [5.74, 6) is 1.41. The molecule has 4 fully saturated rings. The van der Waals surface area contributed by atoms with Crippen LogP contribution in [0, 0.1) is 17.2 Å². The van der Waals surface area contributed by atoms with E-state index in [9.17, 15) is 9.59 Å². The number of nitrogens with one attached hydrogen (secondary N) is 4. The van der Waals surface area contributed by atoms with Gasteiger partial charge in [0.15, 0.2) is 5.96 Å². The van der Waals surface area contributed by atoms with Crippen molar-refractivity contribution in [2.45, 2.75) is 127 Å². The van der Waals surface area contributed by atoms with Crippen LogP contribution in [0.15, 0.2) is 0 Å². The van der Waals surface area contributed by atoms with Crippen molar-refractivity contribution in [1.82, 2.24) is 20.9 Å². The topological polar surface area (TPSA) is 97.3 Å². The van der Waals surface area contributed by atoms with E-state index in [0.29, 0.717) is 12.0 Å². The largest absolute Gasteiger partial charge is 0.342 e. The van der Waals surface area contributed by atoms with Gasteiger partial charge in [-0.15, -0.1) is 0 Å². The maximum atomic E-state index is 13.3. The second-order valence-electron chi connectivity index (χ2n) is 11.3. The molecule has 3 saturated carbocycles. The minimum absolute atomic E-state index is 0.0175. The van der Waals surface area contributed by atoms with E-state index in [1.165, 1.54) is 56.3 Å². The number of hydrogen-bond donors (Lipinski definition) is 4. The molecule has 1 aliphatic heterocycles. The van der Waals surface area contributed by atoms with E-state index in [1.54, 1.807) is 7.05 Å². The Labute approximate surface area is 199 Å². The predicted molar refractivity (Wildman–Crippen MR) is 131 cm³/mol. The molecule has 186 valence electrons. The first-order valence-electron chi connectivity index (χ1n) is 13.7. The molecule has 7 heteroatoms. The molecule has 33 heavy (non-hydrogen) atoms. The summed E-state index contributed by atoms with van der Waals surface area (Å²) in [6.07, 6.45) is 19.2. The smallest absolute Gasteiger partial charge is 0.315 e. The second kappa shape index (κ2) is 11.1. The lowest BCUT2D eigenvalue weighted by Gasteiger charge is -2.37. The van der Waals surface area contributed by atoms with Crippen molar-refractivity contribution in [2.24, 2.45) is 11.8 Å². The van der Waals surface area contributed by atoms with Crippen LogP contribution < -0.4 is 16.0 Å². The van der Waals surface area contributed by atoms with E-state index in [2.05, 4.69) is 16.0 Å². The summed E-state index contributed by atoms with van der Waals surface area (Å²) >= 11 is 0. The third-order valence-corrected chi connectivity index (χ3v) is 8.81. The lowest BCUT2D eigenvalue weighted by Crippen LogP contribution is -2.51. The lowest BCUT2D eigenvalue weighted by atomic mass is 9.74. The number of carbonyl (C=O) groups excluding carboxylic acids is 2. The van der Waals surface area contributed by atoms with Crippen molar-refractivity contribution in [1.29, 1.82) is 5.41 Å². The molecule has 4 rings (SSSR count). The van der Waals surface area contributed by atoms with Gasteiger partial charge in [-0.25, -0.2) is 4.79 Å². The molecule has 4 N–H and O–H groups in total. The highest BCUT2D eigenvalue weighted by Gasteiger charge is 2.49. The minimum atomic E-state index is -0.639. The first-order chi connectivity index (χ1) is 15.9. The Kier molecular flexibility index (Phi) is 8.18. The van der Waals surface area contributed by atoms with Crippen molar-refractivity contribution in [2.75, 3.05) is 7.05 Å². The molecule has 3 amide bonds. The Bertz CT molecular complexity index is 701. The van der Waals surface area contributed by atoms with E-state index < -0.39 is 5.54 Å². The van der Waals surface area contributed by atoms with E-state index in [-0.39, 0.29) is 23.9 Å². The van der Waals surface area contributed by atoms with E-state index in [4.69, 9.17) is 5.41 Å². The number of urea groups is 1. The van der Waals surface area contributed by atoms with Crippen molar-refractivity contribution in [3.05, 3.63) is 0 Å². The van der Waals surface area contributed by atoms with Gasteiger partial charge >= 0.3 is 6.03 Å². The Morgan fingerprint density at radius 2 is 1.55 bits per heavy atom. The average Bonchev–Trinajstić information content (AvgIpc) is 3.03. The molecule has 3 aliphatic carbocycles. The Morgan fingerprint density at radius 3 is 2.21 bits per heavy atom. The molecule has 0 radical (unpaired) electrons.